The molecule has 0 aliphatic heterocycles. The molecule has 0 heterocycles. The quantitative estimate of drug-likeness (QED) is 0.843. The molecule has 21 heavy (non-hydrogen) atoms. The van der Waals surface area contributed by atoms with Crippen LogP contribution in [0.1, 0.15) is 37.9 Å². The van der Waals surface area contributed by atoms with Crippen LogP contribution in [-0.2, 0) is 0 Å². The first kappa shape index (κ1) is 15.6. The highest BCUT2D eigenvalue weighted by atomic mass is 16.5. The lowest BCUT2D eigenvalue weighted by atomic mass is 9.82. The van der Waals surface area contributed by atoms with E-state index in [0.717, 1.165) is 17.1 Å². The van der Waals surface area contributed by atoms with Crippen molar-refractivity contribution in [2.75, 3.05) is 7.05 Å². The summed E-state index contributed by atoms with van der Waals surface area (Å²) < 4.78 is 5.94. The topological polar surface area (TPSA) is 21.3 Å². The molecular formula is C19H25NO. The molecule has 2 aromatic rings. The molecule has 2 aromatic carbocycles. The van der Waals surface area contributed by atoms with Crippen LogP contribution in [0, 0.1) is 12.3 Å². The van der Waals surface area contributed by atoms with Crippen molar-refractivity contribution in [1.82, 2.24) is 5.32 Å². The van der Waals surface area contributed by atoms with E-state index in [2.05, 4.69) is 51.2 Å². The van der Waals surface area contributed by atoms with Crippen LogP contribution in [0.5, 0.6) is 11.5 Å². The second-order valence-electron chi connectivity index (χ2n) is 6.53. The fourth-order valence-corrected chi connectivity index (χ4v) is 2.68. The van der Waals surface area contributed by atoms with E-state index in [1.165, 1.54) is 5.56 Å². The molecular weight excluding hydrogens is 258 g/mol. The molecule has 0 fully saturated rings. The second kappa shape index (κ2) is 6.31. The molecule has 1 unspecified atom stereocenters. The third kappa shape index (κ3) is 3.85. The van der Waals surface area contributed by atoms with E-state index in [9.17, 15) is 0 Å². The first-order valence-corrected chi connectivity index (χ1v) is 7.42. The zero-order chi connectivity index (χ0) is 15.5. The van der Waals surface area contributed by atoms with Crippen LogP contribution in [0.15, 0.2) is 48.5 Å². The molecule has 0 saturated carbocycles. The minimum absolute atomic E-state index is 0.170. The van der Waals surface area contributed by atoms with Crippen molar-refractivity contribution in [3.8, 4) is 11.5 Å². The molecule has 1 N–H and O–H groups in total. The lowest BCUT2D eigenvalue weighted by molar-refractivity contribution is 0.287. The molecule has 2 heteroatoms. The van der Waals surface area contributed by atoms with Crippen LogP contribution in [0.3, 0.4) is 0 Å². The third-order valence-electron chi connectivity index (χ3n) is 3.66. The minimum Gasteiger partial charge on any atom is -0.457 e. The van der Waals surface area contributed by atoms with Gasteiger partial charge >= 0.3 is 0 Å². The van der Waals surface area contributed by atoms with Gasteiger partial charge in [0, 0.05) is 6.04 Å². The summed E-state index contributed by atoms with van der Waals surface area (Å²) >= 11 is 0. The van der Waals surface area contributed by atoms with Gasteiger partial charge in [0.05, 0.1) is 0 Å². The van der Waals surface area contributed by atoms with Gasteiger partial charge in [-0.3, -0.25) is 0 Å². The fraction of sp³-hybridized carbons (Fsp3) is 0.368. The highest BCUT2D eigenvalue weighted by molar-refractivity contribution is 5.40. The smallest absolute Gasteiger partial charge is 0.130 e. The second-order valence-corrected chi connectivity index (χ2v) is 6.53. The van der Waals surface area contributed by atoms with Gasteiger partial charge in [-0.1, -0.05) is 51.1 Å². The maximum absolute atomic E-state index is 5.94. The number of benzene rings is 2. The Labute approximate surface area is 128 Å². The van der Waals surface area contributed by atoms with E-state index < -0.39 is 0 Å². The molecule has 2 rings (SSSR count). The van der Waals surface area contributed by atoms with Crippen molar-refractivity contribution in [2.45, 2.75) is 33.7 Å². The molecule has 0 spiro atoms. The van der Waals surface area contributed by atoms with E-state index >= 15 is 0 Å². The number of hydrogen-bond acceptors (Lipinski definition) is 2. The normalized spacial score (nSPS) is 13.0. The van der Waals surface area contributed by atoms with E-state index in [4.69, 9.17) is 4.74 Å². The zero-order valence-electron chi connectivity index (χ0n) is 13.6. The Hall–Kier alpha value is -1.80. The number of ether oxygens (including phenoxy) is 1. The molecule has 0 saturated heterocycles. The maximum Gasteiger partial charge on any atom is 0.130 e. The standard InChI is InChI=1S/C19H25NO/c1-14-13-15(18(20-5)19(2,3)4)11-12-17(14)21-16-9-7-6-8-10-16/h6-13,18,20H,1-5H3. The number of nitrogens with one attached hydrogen (secondary N) is 1. The predicted octanol–water partition coefficient (Wildman–Crippen LogP) is 5.09. The van der Waals surface area contributed by atoms with E-state index in [0.29, 0.717) is 6.04 Å². The highest BCUT2D eigenvalue weighted by Gasteiger charge is 2.24. The summed E-state index contributed by atoms with van der Waals surface area (Å²) in [7, 11) is 2.01. The first-order valence-electron chi connectivity index (χ1n) is 7.42. The summed E-state index contributed by atoms with van der Waals surface area (Å²) in [4.78, 5) is 0. The van der Waals surface area contributed by atoms with Gasteiger partial charge in [-0.2, -0.15) is 0 Å². The summed E-state index contributed by atoms with van der Waals surface area (Å²) in [5.74, 6) is 1.78. The molecule has 0 aliphatic rings. The van der Waals surface area contributed by atoms with Crippen LogP contribution in [-0.4, -0.2) is 7.05 Å². The van der Waals surface area contributed by atoms with Crippen LogP contribution in [0.2, 0.25) is 0 Å². The number of hydrogen-bond donors (Lipinski definition) is 1. The maximum atomic E-state index is 5.94. The van der Waals surface area contributed by atoms with Gasteiger partial charge in [-0.05, 0) is 48.7 Å². The van der Waals surface area contributed by atoms with Crippen molar-refractivity contribution < 1.29 is 4.74 Å². The van der Waals surface area contributed by atoms with Crippen molar-refractivity contribution in [3.63, 3.8) is 0 Å². The van der Waals surface area contributed by atoms with Gasteiger partial charge in [-0.25, -0.2) is 0 Å². The van der Waals surface area contributed by atoms with Crippen LogP contribution in [0.25, 0.3) is 0 Å². The molecule has 1 atom stereocenters. The molecule has 0 aromatic heterocycles. The van der Waals surface area contributed by atoms with Crippen molar-refractivity contribution in [2.24, 2.45) is 5.41 Å². The van der Waals surface area contributed by atoms with E-state index in [1.54, 1.807) is 0 Å². The van der Waals surface area contributed by atoms with Gasteiger partial charge in [0.15, 0.2) is 0 Å². The summed E-state index contributed by atoms with van der Waals surface area (Å²) in [5.41, 5.74) is 2.62. The van der Waals surface area contributed by atoms with Crippen LogP contribution < -0.4 is 10.1 Å². The number of para-hydroxylation sites is 1. The SMILES string of the molecule is CNC(c1ccc(Oc2ccccc2)c(C)c1)C(C)(C)C. The predicted molar refractivity (Wildman–Crippen MR) is 89.0 cm³/mol. The summed E-state index contributed by atoms with van der Waals surface area (Å²) in [6, 6.07) is 16.6. The highest BCUT2D eigenvalue weighted by Crippen LogP contribution is 2.35. The molecule has 0 bridgehead atoms. The summed E-state index contributed by atoms with van der Waals surface area (Å²) in [5, 5.41) is 3.41. The van der Waals surface area contributed by atoms with Crippen molar-refractivity contribution in [1.29, 1.82) is 0 Å². The number of aryl methyl sites for hydroxylation is 1. The minimum atomic E-state index is 0.170. The van der Waals surface area contributed by atoms with Gasteiger partial charge < -0.3 is 10.1 Å². The Kier molecular flexibility index (Phi) is 4.69. The molecule has 0 amide bonds. The Bertz CT molecular complexity index is 584. The average Bonchev–Trinajstić information content (AvgIpc) is 2.42. The molecule has 2 nitrogen and oxygen atoms in total. The van der Waals surface area contributed by atoms with Gasteiger partial charge in [0.2, 0.25) is 0 Å². The summed E-state index contributed by atoms with van der Waals surface area (Å²) in [6.45, 7) is 8.84. The lowest BCUT2D eigenvalue weighted by Gasteiger charge is -2.31. The van der Waals surface area contributed by atoms with Gasteiger partial charge in [0.1, 0.15) is 11.5 Å². The molecule has 112 valence electrons. The van der Waals surface area contributed by atoms with Gasteiger partial charge in [0.25, 0.3) is 0 Å². The Morgan fingerprint density at radius 2 is 1.67 bits per heavy atom. The van der Waals surface area contributed by atoms with Crippen LogP contribution >= 0.6 is 0 Å². The molecule has 0 aliphatic carbocycles. The fourth-order valence-electron chi connectivity index (χ4n) is 2.68. The van der Waals surface area contributed by atoms with E-state index in [-0.39, 0.29) is 5.41 Å². The number of rotatable bonds is 4. The van der Waals surface area contributed by atoms with Gasteiger partial charge in [-0.15, -0.1) is 0 Å². The Morgan fingerprint density at radius 3 is 2.19 bits per heavy atom. The largest absolute Gasteiger partial charge is 0.457 e. The van der Waals surface area contributed by atoms with Crippen molar-refractivity contribution >= 4 is 0 Å². The lowest BCUT2D eigenvalue weighted by Crippen LogP contribution is -2.29. The van der Waals surface area contributed by atoms with Crippen LogP contribution in [0.4, 0.5) is 0 Å². The third-order valence-corrected chi connectivity index (χ3v) is 3.66. The first-order chi connectivity index (χ1) is 9.91. The Morgan fingerprint density at radius 1 is 1.00 bits per heavy atom. The summed E-state index contributed by atoms with van der Waals surface area (Å²) in [6.07, 6.45) is 0. The average molecular weight is 283 g/mol. The van der Waals surface area contributed by atoms with E-state index in [1.807, 2.05) is 37.4 Å². The monoisotopic (exact) mass is 283 g/mol. The zero-order valence-corrected chi connectivity index (χ0v) is 13.6. The van der Waals surface area contributed by atoms with Crippen molar-refractivity contribution in [3.05, 3.63) is 59.7 Å². The Balaban J connectivity index is 2.25. The molecule has 0 radical (unpaired) electrons.